The molecule has 1 atom stereocenters. The van der Waals surface area contributed by atoms with Crippen LogP contribution in [-0.2, 0) is 15.1 Å². The van der Waals surface area contributed by atoms with Gasteiger partial charge in [-0.2, -0.15) is 0 Å². The molecule has 3 rings (SSSR count). The summed E-state index contributed by atoms with van der Waals surface area (Å²) in [5.74, 6) is -2.25. The van der Waals surface area contributed by atoms with Crippen molar-refractivity contribution in [1.29, 1.82) is 0 Å². The van der Waals surface area contributed by atoms with Crippen molar-refractivity contribution in [2.75, 3.05) is 11.9 Å². The van der Waals surface area contributed by atoms with Gasteiger partial charge in [0.15, 0.2) is 0 Å². The third-order valence-electron chi connectivity index (χ3n) is 4.37. The molecule has 0 spiro atoms. The van der Waals surface area contributed by atoms with Crippen LogP contribution in [0.3, 0.4) is 0 Å². The highest BCUT2D eigenvalue weighted by molar-refractivity contribution is 6.30. The van der Waals surface area contributed by atoms with E-state index in [9.17, 15) is 23.6 Å². The number of anilines is 1. The van der Waals surface area contributed by atoms with Gasteiger partial charge >= 0.3 is 12.1 Å². The van der Waals surface area contributed by atoms with Gasteiger partial charge in [-0.15, -0.1) is 0 Å². The number of urea groups is 2. The molecule has 1 aliphatic heterocycles. The van der Waals surface area contributed by atoms with Crippen LogP contribution in [0.2, 0.25) is 5.02 Å². The summed E-state index contributed by atoms with van der Waals surface area (Å²) in [4.78, 5) is 49.7. The van der Waals surface area contributed by atoms with E-state index in [0.29, 0.717) is 15.5 Å². The zero-order valence-corrected chi connectivity index (χ0v) is 15.9. The highest BCUT2D eigenvalue weighted by Gasteiger charge is 2.49. The molecule has 10 heteroatoms. The molecule has 3 N–H and O–H groups in total. The van der Waals surface area contributed by atoms with Gasteiger partial charge in [0.05, 0.1) is 5.69 Å². The third kappa shape index (κ3) is 4.19. The lowest BCUT2D eigenvalue weighted by atomic mass is 9.92. The number of amides is 6. The Morgan fingerprint density at radius 3 is 2.45 bits per heavy atom. The van der Waals surface area contributed by atoms with Crippen LogP contribution in [0, 0.1) is 5.82 Å². The molecule has 1 unspecified atom stereocenters. The monoisotopic (exact) mass is 418 g/mol. The number of carbonyl (C=O) groups excluding carboxylic acids is 4. The Morgan fingerprint density at radius 2 is 1.79 bits per heavy atom. The number of nitrogens with one attached hydrogen (secondary N) is 3. The van der Waals surface area contributed by atoms with Crippen molar-refractivity contribution in [1.82, 2.24) is 15.5 Å². The molecule has 0 aromatic heterocycles. The molecule has 2 aromatic rings. The van der Waals surface area contributed by atoms with Crippen molar-refractivity contribution in [2.24, 2.45) is 0 Å². The predicted octanol–water partition coefficient (Wildman–Crippen LogP) is 2.59. The van der Waals surface area contributed by atoms with Gasteiger partial charge < -0.3 is 10.6 Å². The number of nitrogens with zero attached hydrogens (tertiary/aromatic N) is 1. The molecule has 0 bridgehead atoms. The average Bonchev–Trinajstić information content (AvgIpc) is 2.88. The quantitative estimate of drug-likeness (QED) is 0.663. The summed E-state index contributed by atoms with van der Waals surface area (Å²) in [6, 6.07) is 9.96. The van der Waals surface area contributed by atoms with E-state index in [1.165, 1.54) is 25.1 Å². The molecular weight excluding hydrogens is 403 g/mol. The number of benzene rings is 2. The van der Waals surface area contributed by atoms with E-state index in [0.717, 1.165) is 6.07 Å². The summed E-state index contributed by atoms with van der Waals surface area (Å²) < 4.78 is 13.5. The lowest BCUT2D eigenvalue weighted by molar-refractivity contribution is -0.134. The SMILES string of the molecule is CC1(c2ccc(Cl)cc2)NC(=O)N(CC(=O)NC(=O)Nc2ccccc2F)C1=O. The number of carbonyl (C=O) groups is 4. The number of para-hydroxylation sites is 1. The zero-order valence-electron chi connectivity index (χ0n) is 15.2. The highest BCUT2D eigenvalue weighted by atomic mass is 35.5. The maximum atomic E-state index is 13.5. The van der Waals surface area contributed by atoms with Gasteiger partial charge in [0, 0.05) is 5.02 Å². The van der Waals surface area contributed by atoms with Crippen LogP contribution < -0.4 is 16.0 Å². The van der Waals surface area contributed by atoms with Crippen LogP contribution in [-0.4, -0.2) is 35.3 Å². The fourth-order valence-corrected chi connectivity index (χ4v) is 2.97. The Labute approximate surface area is 170 Å². The first kappa shape index (κ1) is 20.3. The summed E-state index contributed by atoms with van der Waals surface area (Å²) in [6.45, 7) is 0.817. The lowest BCUT2D eigenvalue weighted by Gasteiger charge is -2.22. The second-order valence-corrected chi connectivity index (χ2v) is 6.87. The second kappa shape index (κ2) is 7.88. The minimum absolute atomic E-state index is 0.122. The molecule has 6 amide bonds. The van der Waals surface area contributed by atoms with E-state index in [1.807, 2.05) is 5.32 Å². The summed E-state index contributed by atoms with van der Waals surface area (Å²) in [5.41, 5.74) is -1.01. The van der Waals surface area contributed by atoms with Crippen molar-refractivity contribution >= 4 is 41.2 Å². The standard InChI is InChI=1S/C19H16ClFN4O4/c1-19(11-6-8-12(20)9-7-11)16(27)25(18(29)24-19)10-15(26)23-17(28)22-14-5-3-2-4-13(14)21/h2-9H,10H2,1H3,(H,24,29)(H2,22,23,26,28). The number of rotatable bonds is 4. The Morgan fingerprint density at radius 1 is 1.14 bits per heavy atom. The number of hydrogen-bond donors (Lipinski definition) is 3. The molecule has 1 saturated heterocycles. The van der Waals surface area contributed by atoms with Gasteiger partial charge in [0.25, 0.3) is 5.91 Å². The fourth-order valence-electron chi connectivity index (χ4n) is 2.85. The molecule has 2 aromatic carbocycles. The van der Waals surface area contributed by atoms with Crippen LogP contribution in [0.4, 0.5) is 19.7 Å². The van der Waals surface area contributed by atoms with Crippen molar-refractivity contribution in [2.45, 2.75) is 12.5 Å². The minimum atomic E-state index is -1.38. The summed E-state index contributed by atoms with van der Waals surface area (Å²) >= 11 is 5.85. The molecule has 0 aliphatic carbocycles. The minimum Gasteiger partial charge on any atom is -0.319 e. The maximum absolute atomic E-state index is 13.5. The lowest BCUT2D eigenvalue weighted by Crippen LogP contribution is -2.45. The topological polar surface area (TPSA) is 108 Å². The van der Waals surface area contributed by atoms with Crippen LogP contribution in [0.15, 0.2) is 48.5 Å². The summed E-state index contributed by atoms with van der Waals surface area (Å²) in [5, 5.41) is 7.12. The van der Waals surface area contributed by atoms with Crippen molar-refractivity contribution in [3.05, 3.63) is 64.9 Å². The van der Waals surface area contributed by atoms with Crippen LogP contribution in [0.1, 0.15) is 12.5 Å². The van der Waals surface area contributed by atoms with Crippen molar-refractivity contribution < 1.29 is 23.6 Å². The molecule has 150 valence electrons. The Kier molecular flexibility index (Phi) is 5.51. The normalized spacial score (nSPS) is 18.4. The molecule has 29 heavy (non-hydrogen) atoms. The Balaban J connectivity index is 1.65. The molecule has 0 saturated carbocycles. The maximum Gasteiger partial charge on any atom is 0.326 e. The molecule has 0 radical (unpaired) electrons. The van der Waals surface area contributed by atoms with E-state index in [-0.39, 0.29) is 5.69 Å². The van der Waals surface area contributed by atoms with E-state index in [2.05, 4.69) is 10.6 Å². The fraction of sp³-hybridized carbons (Fsp3) is 0.158. The van der Waals surface area contributed by atoms with E-state index in [1.54, 1.807) is 24.3 Å². The number of hydrogen-bond acceptors (Lipinski definition) is 4. The molecule has 1 fully saturated rings. The summed E-state index contributed by atoms with van der Waals surface area (Å²) in [6.07, 6.45) is 0. The van der Waals surface area contributed by atoms with Crippen molar-refractivity contribution in [3.63, 3.8) is 0 Å². The number of halogens is 2. The van der Waals surface area contributed by atoms with Crippen LogP contribution in [0.25, 0.3) is 0 Å². The molecule has 1 heterocycles. The summed E-state index contributed by atoms with van der Waals surface area (Å²) in [7, 11) is 0. The van der Waals surface area contributed by atoms with Gasteiger partial charge in [0.1, 0.15) is 17.9 Å². The van der Waals surface area contributed by atoms with Gasteiger partial charge in [-0.25, -0.2) is 14.0 Å². The van der Waals surface area contributed by atoms with Gasteiger partial charge in [-0.05, 0) is 36.8 Å². The molecular formula is C19H16ClFN4O4. The van der Waals surface area contributed by atoms with Crippen molar-refractivity contribution in [3.8, 4) is 0 Å². The largest absolute Gasteiger partial charge is 0.326 e. The number of imide groups is 2. The predicted molar refractivity (Wildman–Crippen MR) is 103 cm³/mol. The zero-order chi connectivity index (χ0) is 21.2. The molecule has 1 aliphatic rings. The van der Waals surface area contributed by atoms with Gasteiger partial charge in [0.2, 0.25) is 5.91 Å². The Bertz CT molecular complexity index is 998. The van der Waals surface area contributed by atoms with Crippen LogP contribution >= 0.6 is 11.6 Å². The van der Waals surface area contributed by atoms with Gasteiger partial charge in [-0.3, -0.25) is 19.8 Å². The van der Waals surface area contributed by atoms with E-state index in [4.69, 9.17) is 11.6 Å². The first-order chi connectivity index (χ1) is 13.7. The van der Waals surface area contributed by atoms with Gasteiger partial charge in [-0.1, -0.05) is 35.9 Å². The Hall–Kier alpha value is -3.46. The average molecular weight is 419 g/mol. The third-order valence-corrected chi connectivity index (χ3v) is 4.63. The molecule has 8 nitrogen and oxygen atoms in total. The highest BCUT2D eigenvalue weighted by Crippen LogP contribution is 2.29. The first-order valence-electron chi connectivity index (χ1n) is 8.46. The first-order valence-corrected chi connectivity index (χ1v) is 8.84. The smallest absolute Gasteiger partial charge is 0.319 e. The van der Waals surface area contributed by atoms with Crippen LogP contribution in [0.5, 0.6) is 0 Å². The van der Waals surface area contributed by atoms with E-state index < -0.39 is 41.8 Å². The second-order valence-electron chi connectivity index (χ2n) is 6.44. The van der Waals surface area contributed by atoms with E-state index >= 15 is 0 Å².